The van der Waals surface area contributed by atoms with Gasteiger partial charge in [-0.25, -0.2) is 12.7 Å². The van der Waals surface area contributed by atoms with Crippen molar-refractivity contribution in [3.8, 4) is 5.75 Å². The van der Waals surface area contributed by atoms with Crippen LogP contribution in [-0.4, -0.2) is 37.8 Å². The molecule has 1 amide bonds. The van der Waals surface area contributed by atoms with Gasteiger partial charge in [-0.05, 0) is 30.3 Å². The van der Waals surface area contributed by atoms with E-state index in [9.17, 15) is 18.3 Å². The van der Waals surface area contributed by atoms with Gasteiger partial charge in [-0.15, -0.1) is 0 Å². The molecule has 0 aliphatic rings. The van der Waals surface area contributed by atoms with Crippen molar-refractivity contribution >= 4 is 33.2 Å². The van der Waals surface area contributed by atoms with E-state index in [1.54, 1.807) is 12.1 Å². The molecule has 0 saturated heterocycles. The molecular weight excluding hydrogens is 340 g/mol. The maximum atomic E-state index is 12.3. The number of hydrogen-bond acceptors (Lipinski definition) is 4. The number of anilines is 1. The Kier molecular flexibility index (Phi) is 4.93. The first-order valence-electron chi connectivity index (χ1n) is 6.55. The van der Waals surface area contributed by atoms with Crippen LogP contribution in [0, 0.1) is 0 Å². The van der Waals surface area contributed by atoms with Crippen molar-refractivity contribution in [3.05, 3.63) is 53.1 Å². The molecule has 2 aromatic carbocycles. The number of amides is 1. The van der Waals surface area contributed by atoms with Crippen molar-refractivity contribution in [2.45, 2.75) is 4.90 Å². The van der Waals surface area contributed by atoms with Gasteiger partial charge in [0.25, 0.3) is 5.91 Å². The third kappa shape index (κ3) is 3.64. The van der Waals surface area contributed by atoms with Gasteiger partial charge in [-0.3, -0.25) is 4.79 Å². The minimum Gasteiger partial charge on any atom is -0.506 e. The van der Waals surface area contributed by atoms with Crippen LogP contribution in [0.5, 0.6) is 5.75 Å². The van der Waals surface area contributed by atoms with E-state index in [2.05, 4.69) is 5.32 Å². The third-order valence-electron chi connectivity index (χ3n) is 3.11. The number of hydrogen-bond donors (Lipinski definition) is 2. The number of aromatic hydroxyl groups is 1. The van der Waals surface area contributed by atoms with E-state index in [-0.39, 0.29) is 26.9 Å². The molecule has 0 aliphatic heterocycles. The molecule has 0 radical (unpaired) electrons. The molecular formula is C15H15ClN2O4S. The Balaban J connectivity index is 2.40. The first-order valence-corrected chi connectivity index (χ1v) is 8.36. The molecule has 0 saturated carbocycles. The van der Waals surface area contributed by atoms with Crippen LogP contribution in [0.4, 0.5) is 5.69 Å². The second kappa shape index (κ2) is 6.57. The molecule has 6 nitrogen and oxygen atoms in total. The van der Waals surface area contributed by atoms with E-state index < -0.39 is 15.9 Å². The van der Waals surface area contributed by atoms with Crippen molar-refractivity contribution in [2.75, 3.05) is 19.4 Å². The zero-order valence-corrected chi connectivity index (χ0v) is 14.0. The van der Waals surface area contributed by atoms with Gasteiger partial charge in [0, 0.05) is 14.1 Å². The average Bonchev–Trinajstić information content (AvgIpc) is 2.49. The van der Waals surface area contributed by atoms with Crippen molar-refractivity contribution in [1.29, 1.82) is 0 Å². The molecule has 23 heavy (non-hydrogen) atoms. The first-order chi connectivity index (χ1) is 10.7. The van der Waals surface area contributed by atoms with Crippen LogP contribution in [0.2, 0.25) is 5.02 Å². The maximum Gasteiger partial charge on any atom is 0.257 e. The fourth-order valence-electron chi connectivity index (χ4n) is 1.82. The molecule has 0 atom stereocenters. The predicted molar refractivity (Wildman–Crippen MR) is 88.4 cm³/mol. The summed E-state index contributed by atoms with van der Waals surface area (Å²) < 4.78 is 25.3. The van der Waals surface area contributed by atoms with Crippen LogP contribution in [0.3, 0.4) is 0 Å². The van der Waals surface area contributed by atoms with Gasteiger partial charge in [0.05, 0.1) is 21.2 Å². The molecule has 0 unspecified atom stereocenters. The fraction of sp³-hybridized carbons (Fsp3) is 0.133. The predicted octanol–water partition coefficient (Wildman–Crippen LogP) is 2.55. The monoisotopic (exact) mass is 354 g/mol. The second-order valence-corrected chi connectivity index (χ2v) is 7.46. The number of phenolic OH excluding ortho intramolecular Hbond substituents is 1. The molecule has 122 valence electrons. The fourth-order valence-corrected chi connectivity index (χ4v) is 2.95. The maximum absolute atomic E-state index is 12.3. The molecule has 2 aromatic rings. The number of carbonyl (C=O) groups excluding carboxylic acids is 1. The Hall–Kier alpha value is -2.09. The van der Waals surface area contributed by atoms with Gasteiger partial charge in [0.2, 0.25) is 10.0 Å². The minimum absolute atomic E-state index is 0.00200. The number of carbonyl (C=O) groups is 1. The lowest BCUT2D eigenvalue weighted by atomic mass is 10.2. The summed E-state index contributed by atoms with van der Waals surface area (Å²) in [5, 5.41) is 12.3. The largest absolute Gasteiger partial charge is 0.506 e. The number of para-hydroxylation sites is 2. The highest BCUT2D eigenvalue weighted by molar-refractivity contribution is 7.89. The molecule has 0 bridgehead atoms. The summed E-state index contributed by atoms with van der Waals surface area (Å²) in [6.07, 6.45) is 0. The van der Waals surface area contributed by atoms with Crippen LogP contribution >= 0.6 is 11.6 Å². The highest BCUT2D eigenvalue weighted by Crippen LogP contribution is 2.26. The van der Waals surface area contributed by atoms with E-state index in [0.29, 0.717) is 0 Å². The zero-order chi connectivity index (χ0) is 17.2. The van der Waals surface area contributed by atoms with Gasteiger partial charge in [-0.2, -0.15) is 0 Å². The van der Waals surface area contributed by atoms with E-state index in [0.717, 1.165) is 4.31 Å². The lowest BCUT2D eigenvalue weighted by molar-refractivity contribution is 0.102. The van der Waals surface area contributed by atoms with Crippen LogP contribution < -0.4 is 5.32 Å². The number of rotatable bonds is 4. The van der Waals surface area contributed by atoms with E-state index >= 15 is 0 Å². The van der Waals surface area contributed by atoms with Gasteiger partial charge >= 0.3 is 0 Å². The van der Waals surface area contributed by atoms with Crippen molar-refractivity contribution in [1.82, 2.24) is 4.31 Å². The standard InChI is InChI=1S/C15H15ClN2O4S/c1-18(2)23(21,22)10-7-8-12(16)11(9-10)15(20)17-13-5-3-4-6-14(13)19/h3-9,19H,1-2H3,(H,17,20). The summed E-state index contributed by atoms with van der Waals surface area (Å²) in [4.78, 5) is 12.3. The molecule has 0 aromatic heterocycles. The van der Waals surface area contributed by atoms with Crippen molar-refractivity contribution < 1.29 is 18.3 Å². The van der Waals surface area contributed by atoms with E-state index in [1.807, 2.05) is 0 Å². The first kappa shape index (κ1) is 17.3. The number of benzene rings is 2. The Labute approximate surface area is 139 Å². The number of nitrogens with one attached hydrogen (secondary N) is 1. The highest BCUT2D eigenvalue weighted by Gasteiger charge is 2.21. The summed E-state index contributed by atoms with van der Waals surface area (Å²) in [6, 6.07) is 10.1. The van der Waals surface area contributed by atoms with Crippen LogP contribution in [0.1, 0.15) is 10.4 Å². The number of halogens is 1. The summed E-state index contributed by atoms with van der Waals surface area (Å²) in [5.74, 6) is -0.721. The molecule has 0 spiro atoms. The molecule has 0 heterocycles. The number of nitrogens with zero attached hydrogens (tertiary/aromatic N) is 1. The van der Waals surface area contributed by atoms with E-state index in [4.69, 9.17) is 11.6 Å². The molecule has 0 fully saturated rings. The van der Waals surface area contributed by atoms with Crippen LogP contribution in [-0.2, 0) is 10.0 Å². The Morgan fingerprint density at radius 1 is 1.17 bits per heavy atom. The van der Waals surface area contributed by atoms with Crippen molar-refractivity contribution in [3.63, 3.8) is 0 Å². The van der Waals surface area contributed by atoms with Crippen LogP contribution in [0.15, 0.2) is 47.4 Å². The quantitative estimate of drug-likeness (QED) is 0.826. The molecule has 2 N–H and O–H groups in total. The highest BCUT2D eigenvalue weighted by atomic mass is 35.5. The zero-order valence-electron chi connectivity index (χ0n) is 12.4. The normalized spacial score (nSPS) is 11.5. The van der Waals surface area contributed by atoms with Crippen molar-refractivity contribution in [2.24, 2.45) is 0 Å². The lowest BCUT2D eigenvalue weighted by Gasteiger charge is -2.13. The summed E-state index contributed by atoms with van der Waals surface area (Å²) in [5.41, 5.74) is 0.201. The molecule has 8 heteroatoms. The Bertz CT molecular complexity index is 850. The Morgan fingerprint density at radius 3 is 2.43 bits per heavy atom. The van der Waals surface area contributed by atoms with E-state index in [1.165, 1.54) is 44.4 Å². The third-order valence-corrected chi connectivity index (χ3v) is 5.25. The SMILES string of the molecule is CN(C)S(=O)(=O)c1ccc(Cl)c(C(=O)Nc2ccccc2O)c1. The Morgan fingerprint density at radius 2 is 1.83 bits per heavy atom. The molecule has 0 aliphatic carbocycles. The van der Waals surface area contributed by atoms with Gasteiger partial charge < -0.3 is 10.4 Å². The van der Waals surface area contributed by atoms with Crippen LogP contribution in [0.25, 0.3) is 0 Å². The molecule has 2 rings (SSSR count). The second-order valence-electron chi connectivity index (χ2n) is 4.90. The minimum atomic E-state index is -3.69. The summed E-state index contributed by atoms with van der Waals surface area (Å²) >= 11 is 5.99. The number of sulfonamides is 1. The number of phenols is 1. The summed E-state index contributed by atoms with van der Waals surface area (Å²) in [7, 11) is -0.896. The smallest absolute Gasteiger partial charge is 0.257 e. The van der Waals surface area contributed by atoms with Gasteiger partial charge in [0.1, 0.15) is 5.75 Å². The van der Waals surface area contributed by atoms with Gasteiger partial charge in [0.15, 0.2) is 0 Å². The lowest BCUT2D eigenvalue weighted by Crippen LogP contribution is -2.23. The van der Waals surface area contributed by atoms with Gasteiger partial charge in [-0.1, -0.05) is 23.7 Å². The summed E-state index contributed by atoms with van der Waals surface area (Å²) in [6.45, 7) is 0. The average molecular weight is 355 g/mol. The topological polar surface area (TPSA) is 86.7 Å².